The molecule has 3 rings (SSSR count). The lowest BCUT2D eigenvalue weighted by molar-refractivity contribution is 0.600. The quantitative estimate of drug-likeness (QED) is 0.871. The summed E-state index contributed by atoms with van der Waals surface area (Å²) in [5, 5.41) is 1.21. The summed E-state index contributed by atoms with van der Waals surface area (Å²) < 4.78 is 0. The predicted molar refractivity (Wildman–Crippen MR) is 70.7 cm³/mol. The van der Waals surface area contributed by atoms with Gasteiger partial charge in [0.05, 0.1) is 5.52 Å². The average molecular weight is 226 g/mol. The van der Waals surface area contributed by atoms with E-state index in [1.54, 1.807) is 0 Å². The molecule has 1 heterocycles. The maximum Gasteiger partial charge on any atom is 0.0708 e. The van der Waals surface area contributed by atoms with Crippen LogP contribution in [0.25, 0.3) is 10.9 Å². The Hall–Kier alpha value is -1.41. The molecule has 1 aromatic carbocycles. The van der Waals surface area contributed by atoms with Gasteiger partial charge in [0, 0.05) is 17.1 Å². The van der Waals surface area contributed by atoms with Gasteiger partial charge in [-0.25, -0.2) is 0 Å². The number of fused-ring (bicyclic) bond motifs is 1. The van der Waals surface area contributed by atoms with Gasteiger partial charge in [-0.3, -0.25) is 4.98 Å². The van der Waals surface area contributed by atoms with Gasteiger partial charge in [-0.2, -0.15) is 0 Å². The van der Waals surface area contributed by atoms with Gasteiger partial charge in [0.1, 0.15) is 0 Å². The van der Waals surface area contributed by atoms with Crippen LogP contribution in [-0.2, 0) is 0 Å². The summed E-state index contributed by atoms with van der Waals surface area (Å²) in [6.07, 6.45) is 3.83. The Labute approximate surface area is 102 Å². The molecule has 0 radical (unpaired) electrons. The number of aryl methyl sites for hydroxylation is 1. The van der Waals surface area contributed by atoms with E-state index in [0.717, 1.165) is 23.5 Å². The molecule has 2 heteroatoms. The van der Waals surface area contributed by atoms with Crippen molar-refractivity contribution >= 4 is 10.9 Å². The van der Waals surface area contributed by atoms with Crippen LogP contribution in [0.2, 0.25) is 0 Å². The molecular formula is C15H18N2. The van der Waals surface area contributed by atoms with Gasteiger partial charge in [0.2, 0.25) is 0 Å². The number of hydrogen-bond acceptors (Lipinski definition) is 2. The van der Waals surface area contributed by atoms with E-state index < -0.39 is 0 Å². The first kappa shape index (κ1) is 10.7. The molecule has 2 aromatic rings. The number of nitrogens with zero attached hydrogens (tertiary/aromatic N) is 1. The van der Waals surface area contributed by atoms with Crippen molar-refractivity contribution in [2.24, 2.45) is 11.7 Å². The third kappa shape index (κ3) is 2.18. The molecule has 1 aliphatic carbocycles. The number of rotatable bonds is 3. The highest BCUT2D eigenvalue weighted by molar-refractivity contribution is 5.82. The van der Waals surface area contributed by atoms with Crippen molar-refractivity contribution in [3.8, 4) is 0 Å². The van der Waals surface area contributed by atoms with Gasteiger partial charge in [-0.15, -0.1) is 0 Å². The van der Waals surface area contributed by atoms with Crippen LogP contribution >= 0.6 is 0 Å². The van der Waals surface area contributed by atoms with Crippen molar-refractivity contribution in [1.82, 2.24) is 4.98 Å². The average Bonchev–Trinajstić information content (AvgIpc) is 3.11. The molecule has 0 bridgehead atoms. The number of para-hydroxylation sites is 1. The highest BCUT2D eigenvalue weighted by Crippen LogP contribution is 2.38. The minimum absolute atomic E-state index is 0.161. The van der Waals surface area contributed by atoms with Gasteiger partial charge in [0.25, 0.3) is 0 Å². The normalized spacial score (nSPS) is 17.3. The number of benzene rings is 1. The zero-order chi connectivity index (χ0) is 11.8. The molecule has 1 unspecified atom stereocenters. The Balaban J connectivity index is 2.06. The molecule has 1 fully saturated rings. The van der Waals surface area contributed by atoms with Crippen LogP contribution in [0.1, 0.15) is 36.6 Å². The topological polar surface area (TPSA) is 38.9 Å². The van der Waals surface area contributed by atoms with E-state index in [-0.39, 0.29) is 6.04 Å². The summed E-state index contributed by atoms with van der Waals surface area (Å²) in [4.78, 5) is 4.56. The van der Waals surface area contributed by atoms with Crippen LogP contribution in [0, 0.1) is 12.8 Å². The molecule has 17 heavy (non-hydrogen) atoms. The first-order valence-electron chi connectivity index (χ1n) is 6.36. The molecule has 2 N–H and O–H groups in total. The second-order valence-electron chi connectivity index (χ2n) is 5.16. The molecule has 88 valence electrons. The zero-order valence-corrected chi connectivity index (χ0v) is 10.2. The van der Waals surface area contributed by atoms with Crippen LogP contribution in [0.4, 0.5) is 0 Å². The lowest BCUT2D eigenvalue weighted by Crippen LogP contribution is -2.12. The van der Waals surface area contributed by atoms with Crippen molar-refractivity contribution in [3.05, 3.63) is 41.6 Å². The first-order valence-corrected chi connectivity index (χ1v) is 6.36. The lowest BCUT2D eigenvalue weighted by atomic mass is 9.97. The Morgan fingerprint density at radius 2 is 2.12 bits per heavy atom. The summed E-state index contributed by atoms with van der Waals surface area (Å²) in [5.41, 5.74) is 9.73. The van der Waals surface area contributed by atoms with Gasteiger partial charge in [-0.1, -0.05) is 31.0 Å². The minimum atomic E-state index is 0.161. The SMILES string of the molecule is Cc1cc(C(N)CC2CC2)c2ccccc2n1. The van der Waals surface area contributed by atoms with E-state index >= 15 is 0 Å². The molecule has 1 atom stereocenters. The molecule has 1 aliphatic rings. The fourth-order valence-corrected chi connectivity index (χ4v) is 2.49. The largest absolute Gasteiger partial charge is 0.324 e. The third-order valence-electron chi connectivity index (χ3n) is 3.56. The Morgan fingerprint density at radius 1 is 1.35 bits per heavy atom. The van der Waals surface area contributed by atoms with Gasteiger partial charge in [0.15, 0.2) is 0 Å². The highest BCUT2D eigenvalue weighted by Gasteiger charge is 2.25. The zero-order valence-electron chi connectivity index (χ0n) is 10.2. The number of aromatic nitrogens is 1. The maximum atomic E-state index is 6.34. The lowest BCUT2D eigenvalue weighted by Gasteiger charge is -2.15. The number of pyridine rings is 1. The minimum Gasteiger partial charge on any atom is -0.324 e. The second kappa shape index (κ2) is 4.11. The van der Waals surface area contributed by atoms with Crippen molar-refractivity contribution in [2.45, 2.75) is 32.2 Å². The van der Waals surface area contributed by atoms with Crippen LogP contribution < -0.4 is 5.73 Å². The summed E-state index contributed by atoms with van der Waals surface area (Å²) >= 11 is 0. The van der Waals surface area contributed by atoms with E-state index in [9.17, 15) is 0 Å². The number of nitrogens with two attached hydrogens (primary N) is 1. The van der Waals surface area contributed by atoms with Crippen molar-refractivity contribution in [1.29, 1.82) is 0 Å². The van der Waals surface area contributed by atoms with Crippen LogP contribution in [0.15, 0.2) is 30.3 Å². The molecule has 1 saturated carbocycles. The predicted octanol–water partition coefficient (Wildman–Crippen LogP) is 3.34. The van der Waals surface area contributed by atoms with E-state index in [1.807, 2.05) is 13.0 Å². The Morgan fingerprint density at radius 3 is 2.88 bits per heavy atom. The highest BCUT2D eigenvalue weighted by atomic mass is 14.7. The van der Waals surface area contributed by atoms with Gasteiger partial charge in [-0.05, 0) is 37.0 Å². The van der Waals surface area contributed by atoms with Crippen LogP contribution in [-0.4, -0.2) is 4.98 Å². The smallest absolute Gasteiger partial charge is 0.0708 e. The van der Waals surface area contributed by atoms with Gasteiger partial charge < -0.3 is 5.73 Å². The van der Waals surface area contributed by atoms with Crippen LogP contribution in [0.5, 0.6) is 0 Å². The monoisotopic (exact) mass is 226 g/mol. The Kier molecular flexibility index (Phi) is 2.60. The van der Waals surface area contributed by atoms with Gasteiger partial charge >= 0.3 is 0 Å². The summed E-state index contributed by atoms with van der Waals surface area (Å²) in [5.74, 6) is 0.859. The fourth-order valence-electron chi connectivity index (χ4n) is 2.49. The van der Waals surface area contributed by atoms with E-state index in [0.29, 0.717) is 0 Å². The van der Waals surface area contributed by atoms with E-state index in [4.69, 9.17) is 5.73 Å². The molecule has 0 spiro atoms. The standard InChI is InChI=1S/C15H18N2/c1-10-8-13(14(16)9-11-6-7-11)12-4-2-3-5-15(12)17-10/h2-5,8,11,14H,6-7,9,16H2,1H3. The molecular weight excluding hydrogens is 208 g/mol. The molecule has 1 aromatic heterocycles. The first-order chi connectivity index (χ1) is 8.24. The van der Waals surface area contributed by atoms with Crippen molar-refractivity contribution in [3.63, 3.8) is 0 Å². The van der Waals surface area contributed by atoms with E-state index in [2.05, 4.69) is 29.2 Å². The maximum absolute atomic E-state index is 6.34. The van der Waals surface area contributed by atoms with Crippen molar-refractivity contribution < 1.29 is 0 Å². The molecule has 2 nitrogen and oxygen atoms in total. The van der Waals surface area contributed by atoms with Crippen molar-refractivity contribution in [2.75, 3.05) is 0 Å². The van der Waals surface area contributed by atoms with E-state index in [1.165, 1.54) is 23.8 Å². The summed E-state index contributed by atoms with van der Waals surface area (Å²) in [7, 11) is 0. The molecule has 0 amide bonds. The summed E-state index contributed by atoms with van der Waals surface area (Å²) in [6, 6.07) is 10.6. The Bertz CT molecular complexity index is 544. The molecule has 0 aliphatic heterocycles. The third-order valence-corrected chi connectivity index (χ3v) is 3.56. The molecule has 0 saturated heterocycles. The van der Waals surface area contributed by atoms with Crippen LogP contribution in [0.3, 0.4) is 0 Å². The fraction of sp³-hybridized carbons (Fsp3) is 0.400. The second-order valence-corrected chi connectivity index (χ2v) is 5.16. The summed E-state index contributed by atoms with van der Waals surface area (Å²) in [6.45, 7) is 2.04. The number of hydrogen-bond donors (Lipinski definition) is 1.